The standard InChI is InChI=1S/C20H17ClFN3O/c21-15-3-1-2-14(11-15)20-17-12-25(9-8-18(17)23-24-20)19(26)10-13-4-6-16(22)7-5-13/h1-7,11H,8-10,12H2,(H,23,24). The van der Waals surface area contributed by atoms with E-state index < -0.39 is 0 Å². The zero-order valence-electron chi connectivity index (χ0n) is 14.0. The molecule has 0 spiro atoms. The summed E-state index contributed by atoms with van der Waals surface area (Å²) < 4.78 is 13.0. The van der Waals surface area contributed by atoms with Gasteiger partial charge in [0.15, 0.2) is 0 Å². The number of H-pyrrole nitrogens is 1. The van der Waals surface area contributed by atoms with Crippen LogP contribution in [0.3, 0.4) is 0 Å². The van der Waals surface area contributed by atoms with Gasteiger partial charge in [-0.05, 0) is 29.8 Å². The zero-order chi connectivity index (χ0) is 18.1. The fraction of sp³-hybridized carbons (Fsp3) is 0.200. The monoisotopic (exact) mass is 369 g/mol. The number of benzene rings is 2. The Bertz CT molecular complexity index is 952. The highest BCUT2D eigenvalue weighted by molar-refractivity contribution is 6.30. The van der Waals surface area contributed by atoms with Gasteiger partial charge in [-0.1, -0.05) is 35.9 Å². The molecular formula is C20H17ClFN3O. The van der Waals surface area contributed by atoms with Crippen molar-refractivity contribution in [2.75, 3.05) is 6.54 Å². The molecule has 3 aromatic rings. The molecule has 0 bridgehead atoms. The topological polar surface area (TPSA) is 49.0 Å². The SMILES string of the molecule is O=C(Cc1ccc(F)cc1)N1CCc2[nH]nc(-c3cccc(Cl)c3)c2C1. The van der Waals surface area contributed by atoms with Crippen LogP contribution >= 0.6 is 11.6 Å². The smallest absolute Gasteiger partial charge is 0.227 e. The highest BCUT2D eigenvalue weighted by Gasteiger charge is 2.25. The molecule has 1 aromatic heterocycles. The number of aromatic amines is 1. The molecule has 0 fully saturated rings. The first-order valence-electron chi connectivity index (χ1n) is 8.44. The minimum absolute atomic E-state index is 0.0282. The summed E-state index contributed by atoms with van der Waals surface area (Å²) in [6, 6.07) is 13.6. The average molecular weight is 370 g/mol. The Labute approximate surface area is 155 Å². The number of hydrogen-bond acceptors (Lipinski definition) is 2. The first-order chi connectivity index (χ1) is 12.6. The van der Waals surface area contributed by atoms with E-state index >= 15 is 0 Å². The molecule has 6 heteroatoms. The maximum atomic E-state index is 13.0. The number of amides is 1. The number of rotatable bonds is 3. The Hall–Kier alpha value is -2.66. The molecule has 26 heavy (non-hydrogen) atoms. The summed E-state index contributed by atoms with van der Waals surface area (Å²) in [5.74, 6) is -0.270. The van der Waals surface area contributed by atoms with Crippen molar-refractivity contribution in [3.63, 3.8) is 0 Å². The zero-order valence-corrected chi connectivity index (χ0v) is 14.8. The van der Waals surface area contributed by atoms with Crippen LogP contribution in [-0.4, -0.2) is 27.5 Å². The largest absolute Gasteiger partial charge is 0.338 e. The van der Waals surface area contributed by atoms with Gasteiger partial charge in [0.1, 0.15) is 5.82 Å². The second-order valence-corrected chi connectivity index (χ2v) is 6.84. The van der Waals surface area contributed by atoms with Crippen molar-refractivity contribution in [2.45, 2.75) is 19.4 Å². The lowest BCUT2D eigenvalue weighted by Gasteiger charge is -2.27. The van der Waals surface area contributed by atoms with Crippen molar-refractivity contribution >= 4 is 17.5 Å². The van der Waals surface area contributed by atoms with Crippen molar-refractivity contribution < 1.29 is 9.18 Å². The number of hydrogen-bond donors (Lipinski definition) is 1. The van der Waals surface area contributed by atoms with Crippen molar-refractivity contribution in [2.24, 2.45) is 0 Å². The van der Waals surface area contributed by atoms with Gasteiger partial charge in [0.2, 0.25) is 5.91 Å². The van der Waals surface area contributed by atoms with Crippen LogP contribution < -0.4 is 0 Å². The molecule has 0 saturated carbocycles. The summed E-state index contributed by atoms with van der Waals surface area (Å²) in [4.78, 5) is 14.5. The van der Waals surface area contributed by atoms with E-state index in [0.29, 0.717) is 18.1 Å². The van der Waals surface area contributed by atoms with E-state index in [2.05, 4.69) is 10.2 Å². The number of nitrogens with zero attached hydrogens (tertiary/aromatic N) is 2. The molecule has 1 N–H and O–H groups in total. The van der Waals surface area contributed by atoms with Crippen LogP contribution in [0.15, 0.2) is 48.5 Å². The quantitative estimate of drug-likeness (QED) is 0.758. The molecular weight excluding hydrogens is 353 g/mol. The number of fused-ring (bicyclic) bond motifs is 1. The Morgan fingerprint density at radius 1 is 1.23 bits per heavy atom. The molecule has 0 unspecified atom stereocenters. The molecule has 4 rings (SSSR count). The van der Waals surface area contributed by atoms with Crippen molar-refractivity contribution in [3.8, 4) is 11.3 Å². The molecule has 1 aliphatic rings. The van der Waals surface area contributed by atoms with Gasteiger partial charge >= 0.3 is 0 Å². The molecule has 2 aromatic carbocycles. The number of carbonyl (C=O) groups is 1. The van der Waals surface area contributed by atoms with Gasteiger partial charge in [-0.3, -0.25) is 9.89 Å². The third kappa shape index (κ3) is 3.35. The molecule has 2 heterocycles. The second-order valence-electron chi connectivity index (χ2n) is 6.41. The molecule has 0 atom stereocenters. The average Bonchev–Trinajstić information content (AvgIpc) is 3.07. The minimum Gasteiger partial charge on any atom is -0.338 e. The molecule has 0 saturated heterocycles. The van der Waals surface area contributed by atoms with Crippen LogP contribution in [0.5, 0.6) is 0 Å². The number of carbonyl (C=O) groups excluding carboxylic acids is 1. The van der Waals surface area contributed by atoms with E-state index in [4.69, 9.17) is 11.6 Å². The van der Waals surface area contributed by atoms with Gasteiger partial charge in [-0.2, -0.15) is 5.10 Å². The Morgan fingerprint density at radius 3 is 2.81 bits per heavy atom. The van der Waals surface area contributed by atoms with E-state index in [1.807, 2.05) is 29.2 Å². The lowest BCUT2D eigenvalue weighted by Crippen LogP contribution is -2.36. The van der Waals surface area contributed by atoms with Crippen molar-refractivity contribution in [3.05, 3.63) is 76.2 Å². The third-order valence-electron chi connectivity index (χ3n) is 4.65. The second kappa shape index (κ2) is 6.92. The van der Waals surface area contributed by atoms with E-state index in [-0.39, 0.29) is 18.1 Å². The van der Waals surface area contributed by atoms with Crippen LogP contribution in [0.1, 0.15) is 16.8 Å². The van der Waals surface area contributed by atoms with E-state index in [9.17, 15) is 9.18 Å². The Morgan fingerprint density at radius 2 is 2.04 bits per heavy atom. The van der Waals surface area contributed by atoms with E-state index in [0.717, 1.165) is 34.5 Å². The molecule has 0 aliphatic carbocycles. The summed E-state index contributed by atoms with van der Waals surface area (Å²) in [7, 11) is 0. The van der Waals surface area contributed by atoms with Crippen LogP contribution in [0.25, 0.3) is 11.3 Å². The fourth-order valence-electron chi connectivity index (χ4n) is 3.27. The van der Waals surface area contributed by atoms with Gasteiger partial charge in [0, 0.05) is 41.4 Å². The maximum absolute atomic E-state index is 13.0. The van der Waals surface area contributed by atoms with Crippen LogP contribution in [0.2, 0.25) is 5.02 Å². The summed E-state index contributed by atoms with van der Waals surface area (Å²) in [6.45, 7) is 1.15. The summed E-state index contributed by atoms with van der Waals surface area (Å²) in [5, 5.41) is 8.17. The fourth-order valence-corrected chi connectivity index (χ4v) is 3.46. The van der Waals surface area contributed by atoms with Crippen LogP contribution in [-0.2, 0) is 24.2 Å². The highest BCUT2D eigenvalue weighted by atomic mass is 35.5. The van der Waals surface area contributed by atoms with Crippen molar-refractivity contribution in [1.82, 2.24) is 15.1 Å². The first-order valence-corrected chi connectivity index (χ1v) is 8.82. The highest BCUT2D eigenvalue weighted by Crippen LogP contribution is 2.30. The lowest BCUT2D eigenvalue weighted by molar-refractivity contribution is -0.131. The van der Waals surface area contributed by atoms with Gasteiger partial charge in [-0.15, -0.1) is 0 Å². The van der Waals surface area contributed by atoms with Gasteiger partial charge in [0.25, 0.3) is 0 Å². The van der Waals surface area contributed by atoms with Crippen LogP contribution in [0, 0.1) is 5.82 Å². The summed E-state index contributed by atoms with van der Waals surface area (Å²) in [6.07, 6.45) is 0.998. The predicted octanol–water partition coefficient (Wildman–Crippen LogP) is 4.00. The first kappa shape index (κ1) is 16.8. The Balaban J connectivity index is 1.54. The predicted molar refractivity (Wildman–Crippen MR) is 98.3 cm³/mol. The molecule has 4 nitrogen and oxygen atoms in total. The normalized spacial score (nSPS) is 13.5. The number of nitrogens with one attached hydrogen (secondary N) is 1. The number of halogens is 2. The number of aromatic nitrogens is 2. The van der Waals surface area contributed by atoms with Gasteiger partial charge in [0.05, 0.1) is 12.1 Å². The molecule has 0 radical (unpaired) electrons. The summed E-state index contributed by atoms with van der Waals surface area (Å²) in [5.41, 5.74) is 4.67. The van der Waals surface area contributed by atoms with E-state index in [1.54, 1.807) is 12.1 Å². The maximum Gasteiger partial charge on any atom is 0.227 e. The van der Waals surface area contributed by atoms with Gasteiger partial charge in [-0.25, -0.2) is 4.39 Å². The molecule has 132 valence electrons. The third-order valence-corrected chi connectivity index (χ3v) is 4.89. The lowest BCUT2D eigenvalue weighted by atomic mass is 10.0. The minimum atomic E-state index is -0.298. The summed E-state index contributed by atoms with van der Waals surface area (Å²) >= 11 is 6.10. The molecule has 1 aliphatic heterocycles. The van der Waals surface area contributed by atoms with Crippen LogP contribution in [0.4, 0.5) is 4.39 Å². The van der Waals surface area contributed by atoms with E-state index in [1.165, 1.54) is 12.1 Å². The van der Waals surface area contributed by atoms with Gasteiger partial charge < -0.3 is 4.90 Å². The molecule has 1 amide bonds. The Kier molecular flexibility index (Phi) is 4.47. The van der Waals surface area contributed by atoms with Crippen molar-refractivity contribution in [1.29, 1.82) is 0 Å².